The third kappa shape index (κ3) is 30.0. The highest BCUT2D eigenvalue weighted by molar-refractivity contribution is 8.00. The van der Waals surface area contributed by atoms with Crippen LogP contribution in [0, 0.1) is 11.8 Å². The first-order chi connectivity index (χ1) is 43.2. The number of thioether (sulfide) groups is 1. The van der Waals surface area contributed by atoms with Gasteiger partial charge in [0, 0.05) is 79.2 Å². The van der Waals surface area contributed by atoms with Gasteiger partial charge < -0.3 is 73.4 Å². The number of benzene rings is 5. The molecule has 0 radical (unpaired) electrons. The van der Waals surface area contributed by atoms with E-state index in [0.717, 1.165) is 44.7 Å². The number of nitrogens with two attached hydrogens (primary N) is 1. The van der Waals surface area contributed by atoms with Gasteiger partial charge in [0.15, 0.2) is 11.6 Å². The van der Waals surface area contributed by atoms with Crippen molar-refractivity contribution in [1.82, 2.24) is 0 Å². The SMILES string of the molecule is CC(=O)CSc1ccc(C[C@H]([NH3+])C(=O)[O-])cc1.CC(=O)N=Cc1ccc(CC(N)C(=O)O)cc1.CC(C)C(=O)C(=O)c1ccc(C[C@H]([NH3+])C(=O)[O-])cc1.CCC(=O)CC(=O)c1ccc(C[C@H]([NH3+])C(=O)[O-])cc1.[NH3+][C@@H](Cc1ccc(C(=O)C2CCCC2=O)cc1)C(=O)[O-]. The normalized spacial score (nSPS) is 13.9. The Labute approximate surface area is 536 Å². The molecule has 24 nitrogen and oxygen atoms in total. The number of hydrogen-bond acceptors (Lipinski definition) is 19. The van der Waals surface area contributed by atoms with Crippen molar-refractivity contribution >= 4 is 94.2 Å². The first-order valence-electron chi connectivity index (χ1n) is 29.2. The lowest BCUT2D eigenvalue weighted by molar-refractivity contribution is -0.437. The Bertz CT molecular complexity index is 3390. The van der Waals surface area contributed by atoms with E-state index in [9.17, 15) is 82.8 Å². The van der Waals surface area contributed by atoms with Crippen LogP contribution in [-0.2, 0) is 80.0 Å². The minimum atomic E-state index is -1.21. The summed E-state index contributed by atoms with van der Waals surface area (Å²) >= 11 is 1.47. The minimum absolute atomic E-state index is 0.0221. The summed E-state index contributed by atoms with van der Waals surface area (Å²) < 4.78 is 0. The van der Waals surface area contributed by atoms with E-state index in [0.29, 0.717) is 48.1 Å². The van der Waals surface area contributed by atoms with Crippen molar-refractivity contribution in [3.63, 3.8) is 0 Å². The predicted octanol–water partition coefficient (Wildman–Crippen LogP) is -2.84. The van der Waals surface area contributed by atoms with E-state index in [1.165, 1.54) is 37.0 Å². The molecular weight excluding hydrogens is 1210 g/mol. The molecule has 0 heterocycles. The van der Waals surface area contributed by atoms with Crippen LogP contribution in [0.15, 0.2) is 131 Å². The number of carboxylic acids is 5. The summed E-state index contributed by atoms with van der Waals surface area (Å²) in [5.74, 6) is -7.65. The number of carboxylic acid groups (broad SMARTS) is 5. The van der Waals surface area contributed by atoms with Crippen LogP contribution in [0.2, 0.25) is 0 Å². The number of aliphatic carboxylic acids is 5. The second-order valence-corrected chi connectivity index (χ2v) is 22.9. The fraction of sp³-hybridized carbons (Fsp3) is 0.343. The van der Waals surface area contributed by atoms with Crippen molar-refractivity contribution in [2.45, 2.75) is 134 Å². The third-order valence-electron chi connectivity index (χ3n) is 13.6. The molecule has 0 saturated heterocycles. The van der Waals surface area contributed by atoms with Crippen molar-refractivity contribution in [3.8, 4) is 0 Å². The first kappa shape index (κ1) is 78.7. The molecule has 92 heavy (non-hydrogen) atoms. The molecule has 1 amide bonds. The Kier molecular flexibility index (Phi) is 34.6. The van der Waals surface area contributed by atoms with Gasteiger partial charge in [-0.25, -0.2) is 4.99 Å². The van der Waals surface area contributed by atoms with Gasteiger partial charge in [0.2, 0.25) is 17.5 Å². The minimum Gasteiger partial charge on any atom is -0.544 e. The van der Waals surface area contributed by atoms with Crippen LogP contribution < -0.4 is 49.1 Å². The standard InChI is InChI=1S/C15H17NO4.2C14H17NO4.C12H14N2O3.C12H15NO3S/c16-12(15(19)20)8-9-4-6-10(7-5-9)14(18)11-2-1-3-13(11)17;1-8(2)12(16)13(17)10-5-3-9(4-6-10)7-11(15)14(18)19;1-2-11(16)8-13(17)10-5-3-9(4-6-10)7-12(15)14(18)19;1-8(15)14-7-10-4-2-9(3-5-10)6-11(13)12(16)17;1-8(14)7-17-10-4-2-9(3-5-10)6-11(13)12(15)16/h4-7,11-12H,1-3,8,16H2,(H,19,20);3-6,8,11H,7,15H2,1-2H3,(H,18,19);3-6,12H,2,7-8,15H2,1H3,(H,18,19);2-5,7,11H,6,13H2,1H3,(H,16,17);2-5,11H,6-7,13H2,1H3,(H,15,16)/t11?,12-;11-;12-;;11-/m000.0/s1. The van der Waals surface area contributed by atoms with Gasteiger partial charge in [0.25, 0.3) is 0 Å². The zero-order valence-electron chi connectivity index (χ0n) is 52.1. The monoisotopic (exact) mass is 1290 g/mol. The van der Waals surface area contributed by atoms with Gasteiger partial charge in [0.05, 0.1) is 42.0 Å². The van der Waals surface area contributed by atoms with Crippen LogP contribution in [0.3, 0.4) is 0 Å². The van der Waals surface area contributed by atoms with Crippen LogP contribution in [-0.4, -0.2) is 124 Å². The second kappa shape index (κ2) is 40.4. The highest BCUT2D eigenvalue weighted by atomic mass is 32.2. The van der Waals surface area contributed by atoms with Gasteiger partial charge in [-0.05, 0) is 71.7 Å². The topological polar surface area (TPSA) is 483 Å². The highest BCUT2D eigenvalue weighted by Crippen LogP contribution is 2.25. The maximum atomic E-state index is 12.2. The Hall–Kier alpha value is -9.37. The molecule has 1 fully saturated rings. The van der Waals surface area contributed by atoms with E-state index in [1.54, 1.807) is 113 Å². The van der Waals surface area contributed by atoms with E-state index < -0.39 is 77.5 Å². The lowest BCUT2D eigenvalue weighted by Gasteiger charge is -2.10. The van der Waals surface area contributed by atoms with Crippen molar-refractivity contribution in [2.75, 3.05) is 5.75 Å². The van der Waals surface area contributed by atoms with E-state index in [2.05, 4.69) is 27.9 Å². The van der Waals surface area contributed by atoms with Crippen molar-refractivity contribution in [1.29, 1.82) is 0 Å². The van der Waals surface area contributed by atoms with Gasteiger partial charge in [-0.2, -0.15) is 0 Å². The molecular formula is C67H80N6O18S. The van der Waals surface area contributed by atoms with E-state index in [4.69, 9.17) is 10.8 Å². The molecule has 15 N–H and O–H groups in total. The van der Waals surface area contributed by atoms with Crippen molar-refractivity contribution < 1.29 is 111 Å². The number of carbonyl (C=O) groups excluding carboxylic acids is 12. The molecule has 6 rings (SSSR count). The number of nitrogens with zero attached hydrogens (tertiary/aromatic N) is 1. The zero-order valence-corrected chi connectivity index (χ0v) is 52.9. The summed E-state index contributed by atoms with van der Waals surface area (Å²) in [6, 6.07) is 30.0. The van der Waals surface area contributed by atoms with Gasteiger partial charge in [-0.15, -0.1) is 11.8 Å². The van der Waals surface area contributed by atoms with Crippen molar-refractivity contribution in [3.05, 3.63) is 171 Å². The number of hydrogen-bond donors (Lipinski definition) is 6. The van der Waals surface area contributed by atoms with Gasteiger partial charge in [-0.3, -0.25) is 43.2 Å². The average molecular weight is 1290 g/mol. The Morgan fingerprint density at radius 2 is 0.967 bits per heavy atom. The Balaban J connectivity index is 0.000000392. The third-order valence-corrected chi connectivity index (χ3v) is 14.8. The molecule has 6 atom stereocenters. The van der Waals surface area contributed by atoms with Gasteiger partial charge in [0.1, 0.15) is 47.6 Å². The quantitative estimate of drug-likeness (QED) is 0.00965. The molecule has 1 saturated carbocycles. The van der Waals surface area contributed by atoms with Gasteiger partial charge in [-0.1, -0.05) is 130 Å². The molecule has 1 aliphatic carbocycles. The second-order valence-electron chi connectivity index (χ2n) is 21.9. The number of aliphatic imine (C=N–C) groups is 1. The number of amides is 1. The summed E-state index contributed by atoms with van der Waals surface area (Å²) in [6.07, 6.45) is 5.00. The molecule has 1 aliphatic rings. The van der Waals surface area contributed by atoms with Crippen LogP contribution in [0.4, 0.5) is 0 Å². The molecule has 2 unspecified atom stereocenters. The highest BCUT2D eigenvalue weighted by Gasteiger charge is 2.31. The van der Waals surface area contributed by atoms with Gasteiger partial charge >= 0.3 is 5.97 Å². The number of ketones is 7. The molecule has 25 heteroatoms. The first-order valence-corrected chi connectivity index (χ1v) is 30.2. The number of rotatable bonds is 28. The van der Waals surface area contributed by atoms with Crippen LogP contribution in [0.25, 0.3) is 0 Å². The molecule has 0 aliphatic heterocycles. The number of quaternary nitrogens is 4. The smallest absolute Gasteiger partial charge is 0.320 e. The number of carbonyl (C=O) groups is 13. The Morgan fingerprint density at radius 1 is 0.587 bits per heavy atom. The lowest BCUT2D eigenvalue weighted by atomic mass is 9.94. The summed E-state index contributed by atoms with van der Waals surface area (Å²) in [7, 11) is 0. The summed E-state index contributed by atoms with van der Waals surface area (Å²) in [5.41, 5.74) is 25.4. The fourth-order valence-corrected chi connectivity index (χ4v) is 8.85. The fourth-order valence-electron chi connectivity index (χ4n) is 8.15. The lowest BCUT2D eigenvalue weighted by Crippen LogP contribution is -2.69. The maximum absolute atomic E-state index is 12.2. The largest absolute Gasteiger partial charge is 0.544 e. The summed E-state index contributed by atoms with van der Waals surface area (Å²) in [4.78, 5) is 149. The predicted molar refractivity (Wildman–Crippen MR) is 328 cm³/mol. The maximum Gasteiger partial charge on any atom is 0.320 e. The molecule has 0 bridgehead atoms. The van der Waals surface area contributed by atoms with E-state index >= 15 is 0 Å². The van der Waals surface area contributed by atoms with Crippen LogP contribution in [0.5, 0.6) is 0 Å². The molecule has 0 aromatic heterocycles. The van der Waals surface area contributed by atoms with Crippen LogP contribution >= 0.6 is 11.8 Å². The molecule has 0 spiro atoms. The molecule has 5 aromatic carbocycles. The van der Waals surface area contributed by atoms with E-state index in [1.807, 2.05) is 24.3 Å². The summed E-state index contributed by atoms with van der Waals surface area (Å²) in [6.45, 7) is 7.97. The molecule has 492 valence electrons. The average Bonchev–Trinajstić information content (AvgIpc) is 1.64. The molecule has 5 aromatic rings. The number of Topliss-reactive ketones (excluding diaryl/α,β-unsaturated/α-hetero) is 7. The zero-order chi connectivity index (χ0) is 69.4. The van der Waals surface area contributed by atoms with Crippen LogP contribution in [0.1, 0.15) is 131 Å². The van der Waals surface area contributed by atoms with E-state index in [-0.39, 0.29) is 72.8 Å². The summed E-state index contributed by atoms with van der Waals surface area (Å²) in [5, 5.41) is 51.0. The Morgan fingerprint density at radius 3 is 1.32 bits per heavy atom. The van der Waals surface area contributed by atoms with Crippen molar-refractivity contribution in [2.24, 2.45) is 22.6 Å².